The van der Waals surface area contributed by atoms with E-state index in [9.17, 15) is 9.59 Å². The van der Waals surface area contributed by atoms with E-state index in [4.69, 9.17) is 4.42 Å². The summed E-state index contributed by atoms with van der Waals surface area (Å²) in [4.78, 5) is 26.6. The number of carbonyl (C=O) groups excluding carboxylic acids is 2. The van der Waals surface area contributed by atoms with Crippen LogP contribution in [0.15, 0.2) is 78.9 Å². The van der Waals surface area contributed by atoms with Crippen LogP contribution < -0.4 is 0 Å². The van der Waals surface area contributed by atoms with Crippen LogP contribution in [-0.2, 0) is 11.3 Å². The summed E-state index contributed by atoms with van der Waals surface area (Å²) in [6, 6.07) is 18.9. The molecule has 0 spiro atoms. The van der Waals surface area contributed by atoms with Crippen molar-refractivity contribution in [2.45, 2.75) is 6.54 Å². The van der Waals surface area contributed by atoms with E-state index < -0.39 is 0 Å². The summed E-state index contributed by atoms with van der Waals surface area (Å²) < 4.78 is 7.77. The first kappa shape index (κ1) is 19.2. The molecule has 0 N–H and O–H groups in total. The van der Waals surface area contributed by atoms with Gasteiger partial charge >= 0.3 is 0 Å². The minimum Gasteiger partial charge on any atom is -0.457 e. The van der Waals surface area contributed by atoms with Gasteiger partial charge in [-0.2, -0.15) is 0 Å². The minimum absolute atomic E-state index is 0.248. The molecule has 0 saturated carbocycles. The van der Waals surface area contributed by atoms with E-state index in [1.807, 2.05) is 54.6 Å². The van der Waals surface area contributed by atoms with Gasteiger partial charge in [0.1, 0.15) is 11.5 Å². The van der Waals surface area contributed by atoms with Gasteiger partial charge in [0.25, 0.3) is 11.1 Å². The predicted octanol–water partition coefficient (Wildman–Crippen LogP) is 6.71. The number of hydrogen-bond acceptors (Lipinski definition) is 4. The molecular weight excluding hydrogens is 506 g/mol. The van der Waals surface area contributed by atoms with E-state index >= 15 is 0 Å². The Labute approximate surface area is 182 Å². The Balaban J connectivity index is 1.52. The molecule has 1 aliphatic heterocycles. The van der Waals surface area contributed by atoms with Crippen LogP contribution in [0.4, 0.5) is 4.79 Å². The number of rotatable bonds is 4. The molecule has 0 radical (unpaired) electrons. The number of carbonyl (C=O) groups is 2. The average Bonchev–Trinajstić information content (AvgIpc) is 3.24. The number of halogens is 2. The van der Waals surface area contributed by atoms with Gasteiger partial charge in [-0.05, 0) is 53.7 Å². The van der Waals surface area contributed by atoms with Gasteiger partial charge < -0.3 is 4.42 Å². The van der Waals surface area contributed by atoms with Crippen LogP contribution in [0.1, 0.15) is 11.3 Å². The molecule has 0 atom stereocenters. The number of amides is 2. The van der Waals surface area contributed by atoms with Crippen LogP contribution in [0.25, 0.3) is 17.4 Å². The van der Waals surface area contributed by atoms with Crippen LogP contribution in [0, 0.1) is 0 Å². The predicted molar refractivity (Wildman–Crippen MR) is 118 cm³/mol. The molecule has 0 aliphatic carbocycles. The molecule has 2 heterocycles. The maximum absolute atomic E-state index is 12.7. The topological polar surface area (TPSA) is 50.5 Å². The van der Waals surface area contributed by atoms with E-state index in [2.05, 4.69) is 31.9 Å². The summed E-state index contributed by atoms with van der Waals surface area (Å²) in [5.74, 6) is 0.930. The normalized spacial score (nSPS) is 15.6. The number of imide groups is 1. The van der Waals surface area contributed by atoms with Gasteiger partial charge in [-0.15, -0.1) is 0 Å². The smallest absolute Gasteiger partial charge is 0.293 e. The van der Waals surface area contributed by atoms with Crippen LogP contribution >= 0.6 is 43.6 Å². The summed E-state index contributed by atoms with van der Waals surface area (Å²) in [7, 11) is 0. The molecule has 0 unspecified atom stereocenters. The highest BCUT2D eigenvalue weighted by molar-refractivity contribution is 9.10. The first-order chi connectivity index (χ1) is 13.5. The molecule has 1 aliphatic rings. The molecule has 2 amide bonds. The van der Waals surface area contributed by atoms with Gasteiger partial charge in [0, 0.05) is 20.6 Å². The Kier molecular flexibility index (Phi) is 5.57. The Hall–Kier alpha value is -2.09. The lowest BCUT2D eigenvalue weighted by Crippen LogP contribution is -2.27. The molecule has 4 rings (SSSR count). The number of nitrogens with zero attached hydrogens (tertiary/aromatic N) is 1. The fourth-order valence-electron chi connectivity index (χ4n) is 2.74. The van der Waals surface area contributed by atoms with Gasteiger partial charge in [-0.25, -0.2) is 0 Å². The van der Waals surface area contributed by atoms with Gasteiger partial charge in [0.2, 0.25) is 0 Å². The molecule has 7 heteroatoms. The molecule has 1 aromatic heterocycles. The zero-order chi connectivity index (χ0) is 19.7. The second kappa shape index (κ2) is 8.11. The molecule has 28 heavy (non-hydrogen) atoms. The molecule has 140 valence electrons. The van der Waals surface area contributed by atoms with Gasteiger partial charge in [-0.3, -0.25) is 14.5 Å². The van der Waals surface area contributed by atoms with Crippen molar-refractivity contribution in [3.05, 3.63) is 85.8 Å². The van der Waals surface area contributed by atoms with Crippen molar-refractivity contribution in [1.82, 2.24) is 4.90 Å². The SMILES string of the molecule is O=C1S/C(=C\c2ccc(-c3ccc(Br)cc3)o2)C(=O)N1Cc1ccc(Br)cc1. The number of thioether (sulfide) groups is 1. The molecule has 4 nitrogen and oxygen atoms in total. The van der Waals surface area contributed by atoms with Crippen molar-refractivity contribution >= 4 is 60.8 Å². The summed E-state index contributed by atoms with van der Waals surface area (Å²) in [5, 5.41) is -0.279. The first-order valence-corrected chi connectivity index (χ1v) is 10.8. The zero-order valence-electron chi connectivity index (χ0n) is 14.4. The Morgan fingerprint density at radius 2 is 1.54 bits per heavy atom. The highest BCUT2D eigenvalue weighted by atomic mass is 79.9. The van der Waals surface area contributed by atoms with E-state index in [-0.39, 0.29) is 17.7 Å². The third-order valence-corrected chi connectivity index (χ3v) is 6.12. The fourth-order valence-corrected chi connectivity index (χ4v) is 4.08. The Morgan fingerprint density at radius 3 is 2.21 bits per heavy atom. The van der Waals surface area contributed by atoms with Crippen molar-refractivity contribution in [2.75, 3.05) is 0 Å². The molecule has 1 fully saturated rings. The lowest BCUT2D eigenvalue weighted by molar-refractivity contribution is -0.123. The molecule has 0 bridgehead atoms. The number of furan rings is 1. The van der Waals surface area contributed by atoms with E-state index in [0.29, 0.717) is 16.4 Å². The molecular formula is C21H13Br2NO3S. The first-order valence-electron chi connectivity index (χ1n) is 8.35. The summed E-state index contributed by atoms with van der Waals surface area (Å²) in [6.07, 6.45) is 1.62. The summed E-state index contributed by atoms with van der Waals surface area (Å²) >= 11 is 7.71. The molecule has 3 aromatic rings. The van der Waals surface area contributed by atoms with Crippen LogP contribution in [0.2, 0.25) is 0 Å². The number of benzene rings is 2. The standard InChI is InChI=1S/C21H13Br2NO3S/c22-15-5-1-13(2-6-15)12-24-20(25)19(28-21(24)26)11-17-9-10-18(27-17)14-3-7-16(23)8-4-14/h1-11H,12H2/b19-11-. The molecule has 2 aromatic carbocycles. The van der Waals surface area contributed by atoms with Crippen molar-refractivity contribution in [3.8, 4) is 11.3 Å². The van der Waals surface area contributed by atoms with Gasteiger partial charge in [0.05, 0.1) is 11.4 Å². The Morgan fingerprint density at radius 1 is 0.893 bits per heavy atom. The monoisotopic (exact) mass is 517 g/mol. The van der Waals surface area contributed by atoms with Crippen molar-refractivity contribution in [2.24, 2.45) is 0 Å². The van der Waals surface area contributed by atoms with Crippen molar-refractivity contribution in [1.29, 1.82) is 0 Å². The zero-order valence-corrected chi connectivity index (χ0v) is 18.4. The average molecular weight is 519 g/mol. The largest absolute Gasteiger partial charge is 0.457 e. The number of hydrogen-bond donors (Lipinski definition) is 0. The molecule has 1 saturated heterocycles. The van der Waals surface area contributed by atoms with Gasteiger partial charge in [-0.1, -0.05) is 56.1 Å². The maximum Gasteiger partial charge on any atom is 0.293 e. The summed E-state index contributed by atoms with van der Waals surface area (Å²) in [5.41, 5.74) is 1.83. The van der Waals surface area contributed by atoms with E-state index in [1.165, 1.54) is 4.90 Å². The van der Waals surface area contributed by atoms with Crippen LogP contribution in [0.3, 0.4) is 0 Å². The lowest BCUT2D eigenvalue weighted by atomic mass is 10.2. The van der Waals surface area contributed by atoms with Crippen LogP contribution in [0.5, 0.6) is 0 Å². The third-order valence-electron chi connectivity index (χ3n) is 4.16. The van der Waals surface area contributed by atoms with Crippen LogP contribution in [-0.4, -0.2) is 16.0 Å². The van der Waals surface area contributed by atoms with E-state index in [0.717, 1.165) is 31.8 Å². The minimum atomic E-state index is -0.306. The van der Waals surface area contributed by atoms with E-state index in [1.54, 1.807) is 12.1 Å². The van der Waals surface area contributed by atoms with Crippen molar-refractivity contribution < 1.29 is 14.0 Å². The summed E-state index contributed by atoms with van der Waals surface area (Å²) in [6.45, 7) is 0.248. The highest BCUT2D eigenvalue weighted by Gasteiger charge is 2.35. The Bertz CT molecular complexity index is 1070. The fraction of sp³-hybridized carbons (Fsp3) is 0.0476. The maximum atomic E-state index is 12.7. The second-order valence-corrected chi connectivity index (χ2v) is 8.93. The third kappa shape index (κ3) is 4.16. The lowest BCUT2D eigenvalue weighted by Gasteiger charge is -2.12. The second-order valence-electron chi connectivity index (χ2n) is 6.10. The van der Waals surface area contributed by atoms with Gasteiger partial charge in [0.15, 0.2) is 0 Å². The quantitative estimate of drug-likeness (QED) is 0.360. The van der Waals surface area contributed by atoms with Crippen molar-refractivity contribution in [3.63, 3.8) is 0 Å². The highest BCUT2D eigenvalue weighted by Crippen LogP contribution is 2.34.